The highest BCUT2D eigenvalue weighted by molar-refractivity contribution is 5.94. The second-order valence-corrected chi connectivity index (χ2v) is 6.72. The molecule has 5 heteroatoms. The highest BCUT2D eigenvalue weighted by atomic mass is 16.2. The van der Waals surface area contributed by atoms with Crippen LogP contribution in [0.25, 0.3) is 0 Å². The molecule has 0 aromatic heterocycles. The van der Waals surface area contributed by atoms with E-state index in [0.717, 1.165) is 5.56 Å². The molecule has 3 rings (SSSR count). The largest absolute Gasteiger partial charge is 0.350 e. The van der Waals surface area contributed by atoms with Crippen LogP contribution < -0.4 is 16.0 Å². The predicted octanol–water partition coefficient (Wildman–Crippen LogP) is 2.21. The van der Waals surface area contributed by atoms with Gasteiger partial charge in [0, 0.05) is 24.7 Å². The number of aryl methyl sites for hydroxylation is 1. The van der Waals surface area contributed by atoms with Crippen molar-refractivity contribution in [3.8, 4) is 0 Å². The molecule has 23 heavy (non-hydrogen) atoms. The molecule has 2 aliphatic carbocycles. The van der Waals surface area contributed by atoms with Crippen molar-refractivity contribution < 1.29 is 9.59 Å². The first kappa shape index (κ1) is 15.8. The first-order valence-electron chi connectivity index (χ1n) is 8.53. The summed E-state index contributed by atoms with van der Waals surface area (Å²) in [6.07, 6.45) is 4.98. The molecule has 3 N–H and O–H groups in total. The number of rotatable bonds is 7. The highest BCUT2D eigenvalue weighted by Gasteiger charge is 2.42. The van der Waals surface area contributed by atoms with Crippen LogP contribution in [0.3, 0.4) is 0 Å². The maximum Gasteiger partial charge on any atom is 0.315 e. The van der Waals surface area contributed by atoms with Crippen LogP contribution in [0.4, 0.5) is 4.79 Å². The molecule has 0 unspecified atom stereocenters. The molecule has 3 amide bonds. The van der Waals surface area contributed by atoms with Crippen LogP contribution >= 0.6 is 0 Å². The van der Waals surface area contributed by atoms with Gasteiger partial charge in [-0.15, -0.1) is 0 Å². The summed E-state index contributed by atoms with van der Waals surface area (Å²) >= 11 is 0. The van der Waals surface area contributed by atoms with E-state index in [-0.39, 0.29) is 11.9 Å². The number of carbonyl (C=O) groups is 2. The van der Waals surface area contributed by atoms with E-state index in [1.165, 1.54) is 25.7 Å². The third kappa shape index (κ3) is 4.71. The van der Waals surface area contributed by atoms with Crippen molar-refractivity contribution in [3.05, 3.63) is 35.4 Å². The predicted molar refractivity (Wildman–Crippen MR) is 89.3 cm³/mol. The molecule has 1 aromatic carbocycles. The summed E-state index contributed by atoms with van der Waals surface area (Å²) in [5, 5.41) is 8.75. The Morgan fingerprint density at radius 3 is 2.13 bits per heavy atom. The van der Waals surface area contributed by atoms with Crippen LogP contribution in [-0.4, -0.2) is 31.1 Å². The fraction of sp³-hybridized carbons (Fsp3) is 0.556. The zero-order valence-corrected chi connectivity index (χ0v) is 13.6. The van der Waals surface area contributed by atoms with Gasteiger partial charge in [0.25, 0.3) is 5.91 Å². The zero-order valence-electron chi connectivity index (χ0n) is 13.6. The number of benzene rings is 1. The van der Waals surface area contributed by atoms with E-state index in [9.17, 15) is 9.59 Å². The van der Waals surface area contributed by atoms with Gasteiger partial charge in [-0.1, -0.05) is 17.7 Å². The lowest BCUT2D eigenvalue weighted by Gasteiger charge is -2.18. The molecule has 0 atom stereocenters. The fourth-order valence-electron chi connectivity index (χ4n) is 2.89. The smallest absolute Gasteiger partial charge is 0.315 e. The zero-order chi connectivity index (χ0) is 16.2. The van der Waals surface area contributed by atoms with Crippen molar-refractivity contribution in [2.75, 3.05) is 13.1 Å². The molecule has 0 saturated heterocycles. The average Bonchev–Trinajstić information content (AvgIpc) is 3.42. The van der Waals surface area contributed by atoms with Crippen molar-refractivity contribution in [1.82, 2.24) is 16.0 Å². The van der Waals surface area contributed by atoms with Gasteiger partial charge in [-0.05, 0) is 56.6 Å². The maximum absolute atomic E-state index is 11.9. The molecule has 2 aliphatic rings. The number of urea groups is 1. The van der Waals surface area contributed by atoms with Crippen LogP contribution in [0.15, 0.2) is 24.3 Å². The Kier molecular flexibility index (Phi) is 4.84. The van der Waals surface area contributed by atoms with Gasteiger partial charge in [0.1, 0.15) is 0 Å². The molecule has 0 bridgehead atoms. The number of carbonyl (C=O) groups excluding carboxylic acids is 2. The summed E-state index contributed by atoms with van der Waals surface area (Å²) in [6.45, 7) is 2.85. The van der Waals surface area contributed by atoms with Gasteiger partial charge < -0.3 is 16.0 Å². The van der Waals surface area contributed by atoms with Gasteiger partial charge in [-0.25, -0.2) is 4.79 Å². The molecule has 1 aromatic rings. The number of hydrogen-bond acceptors (Lipinski definition) is 2. The third-order valence-electron chi connectivity index (χ3n) is 4.57. The van der Waals surface area contributed by atoms with E-state index >= 15 is 0 Å². The van der Waals surface area contributed by atoms with Gasteiger partial charge in [-0.2, -0.15) is 0 Å². The molecule has 5 nitrogen and oxygen atoms in total. The van der Waals surface area contributed by atoms with Gasteiger partial charge in [-0.3, -0.25) is 4.79 Å². The third-order valence-corrected chi connectivity index (χ3v) is 4.57. The van der Waals surface area contributed by atoms with Gasteiger partial charge in [0.05, 0.1) is 0 Å². The second kappa shape index (κ2) is 7.02. The van der Waals surface area contributed by atoms with Crippen molar-refractivity contribution in [2.24, 2.45) is 11.8 Å². The summed E-state index contributed by atoms with van der Waals surface area (Å²) in [7, 11) is 0. The van der Waals surface area contributed by atoms with Crippen molar-refractivity contribution in [2.45, 2.75) is 38.6 Å². The standard InChI is InChI=1S/C18H25N3O2/c1-12-2-4-15(5-3-12)17(22)19-10-11-20-18(23)21-16(13-6-7-13)14-8-9-14/h2-5,13-14,16H,6-11H2,1H3,(H,19,22)(H2,20,21,23). The summed E-state index contributed by atoms with van der Waals surface area (Å²) in [5.41, 5.74) is 1.77. The van der Waals surface area contributed by atoms with E-state index in [2.05, 4.69) is 16.0 Å². The van der Waals surface area contributed by atoms with Crippen molar-refractivity contribution in [1.29, 1.82) is 0 Å². The number of hydrogen-bond donors (Lipinski definition) is 3. The lowest BCUT2D eigenvalue weighted by molar-refractivity contribution is 0.0954. The first-order chi connectivity index (χ1) is 11.1. The van der Waals surface area contributed by atoms with E-state index in [4.69, 9.17) is 0 Å². The van der Waals surface area contributed by atoms with E-state index in [1.807, 2.05) is 19.1 Å². The quantitative estimate of drug-likeness (QED) is 0.675. The molecule has 124 valence electrons. The van der Waals surface area contributed by atoms with Crippen molar-refractivity contribution in [3.63, 3.8) is 0 Å². The average molecular weight is 315 g/mol. The Balaban J connectivity index is 1.33. The normalized spacial score (nSPS) is 17.0. The molecule has 0 heterocycles. The maximum atomic E-state index is 11.9. The topological polar surface area (TPSA) is 70.2 Å². The van der Waals surface area contributed by atoms with Crippen LogP contribution in [0.5, 0.6) is 0 Å². The second-order valence-electron chi connectivity index (χ2n) is 6.72. The Hall–Kier alpha value is -2.04. The van der Waals surface area contributed by atoms with E-state index in [1.54, 1.807) is 12.1 Å². The summed E-state index contributed by atoms with van der Waals surface area (Å²) in [6, 6.07) is 7.68. The van der Waals surface area contributed by atoms with Gasteiger partial charge in [0.2, 0.25) is 0 Å². The van der Waals surface area contributed by atoms with E-state index < -0.39 is 0 Å². The number of amides is 3. The van der Waals surface area contributed by atoms with Crippen LogP contribution in [0, 0.1) is 18.8 Å². The minimum Gasteiger partial charge on any atom is -0.350 e. The molecule has 0 spiro atoms. The lowest BCUT2D eigenvalue weighted by Crippen LogP contribution is -2.46. The molecular formula is C18H25N3O2. The minimum absolute atomic E-state index is 0.110. The summed E-state index contributed by atoms with van der Waals surface area (Å²) in [5.74, 6) is 1.27. The molecule has 2 fully saturated rings. The monoisotopic (exact) mass is 315 g/mol. The van der Waals surface area contributed by atoms with Crippen LogP contribution in [0.1, 0.15) is 41.6 Å². The lowest BCUT2D eigenvalue weighted by atomic mass is 10.1. The Bertz CT molecular complexity index is 550. The minimum atomic E-state index is -0.113. The van der Waals surface area contributed by atoms with Crippen molar-refractivity contribution >= 4 is 11.9 Å². The molecular weight excluding hydrogens is 290 g/mol. The van der Waals surface area contributed by atoms with Gasteiger partial charge >= 0.3 is 6.03 Å². The van der Waals surface area contributed by atoms with Crippen LogP contribution in [-0.2, 0) is 0 Å². The SMILES string of the molecule is Cc1ccc(C(=O)NCCNC(=O)NC(C2CC2)C2CC2)cc1. The number of nitrogens with one attached hydrogen (secondary N) is 3. The summed E-state index contributed by atoms with van der Waals surface area (Å²) in [4.78, 5) is 23.9. The van der Waals surface area contributed by atoms with Gasteiger partial charge in [0.15, 0.2) is 0 Å². The molecule has 0 radical (unpaired) electrons. The molecule has 0 aliphatic heterocycles. The highest BCUT2D eigenvalue weighted by Crippen LogP contribution is 2.44. The summed E-state index contributed by atoms with van der Waals surface area (Å²) < 4.78 is 0. The van der Waals surface area contributed by atoms with Crippen LogP contribution in [0.2, 0.25) is 0 Å². The Labute approximate surface area is 137 Å². The first-order valence-corrected chi connectivity index (χ1v) is 8.53. The van der Waals surface area contributed by atoms with E-state index in [0.29, 0.717) is 36.5 Å². The fourth-order valence-corrected chi connectivity index (χ4v) is 2.89. The molecule has 2 saturated carbocycles. The Morgan fingerprint density at radius 2 is 1.57 bits per heavy atom. The Morgan fingerprint density at radius 1 is 1.00 bits per heavy atom.